The van der Waals surface area contributed by atoms with E-state index in [4.69, 9.17) is 9.53 Å². The highest BCUT2D eigenvalue weighted by molar-refractivity contribution is 6.48. The highest BCUT2D eigenvalue weighted by atomic mass is 28.3. The van der Waals surface area contributed by atoms with E-state index < -0.39 is 21.1 Å². The minimum absolute atomic E-state index is 0.813. The Bertz CT molecular complexity index is 133. The molecule has 1 unspecified atom stereocenters. The molecule has 0 saturated heterocycles. The van der Waals surface area contributed by atoms with Crippen molar-refractivity contribution in [2.24, 2.45) is 0 Å². The van der Waals surface area contributed by atoms with Crippen molar-refractivity contribution in [3.8, 4) is 0 Å². The van der Waals surface area contributed by atoms with E-state index in [-0.39, 0.29) is 0 Å². The largest absolute Gasteiger partial charge is 0.479 e. The summed E-state index contributed by atoms with van der Waals surface area (Å²) >= 11 is 0. The Labute approximate surface area is 62.0 Å². The zero-order valence-corrected chi connectivity index (χ0v) is 7.36. The second-order valence-electron chi connectivity index (χ2n) is 2.18. The van der Waals surface area contributed by atoms with Gasteiger partial charge in [0.2, 0.25) is 0 Å². The molecular formula is C6H12O3Si. The van der Waals surface area contributed by atoms with Crippen LogP contribution in [0.2, 0.25) is 13.1 Å². The number of hydrogen-bond donors (Lipinski definition) is 1. The van der Waals surface area contributed by atoms with Crippen LogP contribution in [0.1, 0.15) is 0 Å². The Kier molecular flexibility index (Phi) is 3.98. The highest BCUT2D eigenvalue weighted by Crippen LogP contribution is 1.96. The predicted molar refractivity (Wildman–Crippen MR) is 41.6 cm³/mol. The van der Waals surface area contributed by atoms with E-state index in [1.165, 1.54) is 6.08 Å². The third kappa shape index (κ3) is 3.42. The molecule has 0 aromatic rings. The van der Waals surface area contributed by atoms with Crippen LogP contribution in [0.5, 0.6) is 0 Å². The molecular weight excluding hydrogens is 148 g/mol. The van der Waals surface area contributed by atoms with Gasteiger partial charge in [0.25, 0.3) is 0 Å². The highest BCUT2D eigenvalue weighted by Gasteiger charge is 2.14. The van der Waals surface area contributed by atoms with Gasteiger partial charge in [0, 0.05) is 0 Å². The summed E-state index contributed by atoms with van der Waals surface area (Å²) in [6.07, 6.45) is 0.488. The first kappa shape index (κ1) is 9.39. The lowest BCUT2D eigenvalue weighted by molar-refractivity contribution is -0.142. The normalized spacial score (nSPS) is 13.1. The Morgan fingerprint density at radius 3 is 2.40 bits per heavy atom. The Morgan fingerprint density at radius 2 is 2.30 bits per heavy atom. The first-order valence-electron chi connectivity index (χ1n) is 3.08. The van der Waals surface area contributed by atoms with Crippen LogP contribution in [0.15, 0.2) is 12.7 Å². The second-order valence-corrected chi connectivity index (χ2v) is 4.55. The average molecular weight is 160 g/mol. The number of aliphatic carboxylic acids is 1. The van der Waals surface area contributed by atoms with Crippen molar-refractivity contribution < 1.29 is 14.3 Å². The number of rotatable bonds is 4. The summed E-state index contributed by atoms with van der Waals surface area (Å²) in [5.74, 6) is -0.962. The molecule has 0 aliphatic rings. The summed E-state index contributed by atoms with van der Waals surface area (Å²) in [5, 5.41) is 8.45. The van der Waals surface area contributed by atoms with Crippen LogP contribution >= 0.6 is 0 Å². The fourth-order valence-corrected chi connectivity index (χ4v) is 1.32. The van der Waals surface area contributed by atoms with Crippen LogP contribution < -0.4 is 0 Å². The summed E-state index contributed by atoms with van der Waals surface area (Å²) in [4.78, 5) is 10.3. The number of carboxylic acid groups (broad SMARTS) is 1. The molecule has 0 spiro atoms. The number of carbonyl (C=O) groups is 1. The van der Waals surface area contributed by atoms with E-state index in [0.717, 1.165) is 0 Å². The van der Waals surface area contributed by atoms with Gasteiger partial charge in [-0.1, -0.05) is 12.7 Å². The maximum absolute atomic E-state index is 10.3. The van der Waals surface area contributed by atoms with E-state index in [2.05, 4.69) is 6.58 Å². The maximum atomic E-state index is 10.3. The van der Waals surface area contributed by atoms with Gasteiger partial charge < -0.3 is 9.53 Å². The van der Waals surface area contributed by atoms with E-state index in [1.54, 1.807) is 0 Å². The predicted octanol–water partition coefficient (Wildman–Crippen LogP) is 0.626. The second kappa shape index (κ2) is 4.24. The van der Waals surface area contributed by atoms with Crippen LogP contribution in [0, 0.1) is 0 Å². The fourth-order valence-electron chi connectivity index (χ4n) is 0.508. The Balaban J connectivity index is 3.83. The number of hydrogen-bond acceptors (Lipinski definition) is 2. The molecule has 0 radical (unpaired) electrons. The molecule has 0 saturated carbocycles. The average Bonchev–Trinajstić information content (AvgIpc) is 1.81. The molecule has 0 fully saturated rings. The van der Waals surface area contributed by atoms with E-state index in [1.807, 2.05) is 13.1 Å². The van der Waals surface area contributed by atoms with Crippen LogP contribution in [-0.4, -0.2) is 26.2 Å². The maximum Gasteiger partial charge on any atom is 0.335 e. The first-order chi connectivity index (χ1) is 4.57. The molecule has 0 heterocycles. The van der Waals surface area contributed by atoms with Gasteiger partial charge in [0.05, 0.1) is 0 Å². The van der Waals surface area contributed by atoms with Crippen molar-refractivity contribution in [3.63, 3.8) is 0 Å². The lowest BCUT2D eigenvalue weighted by atomic mass is 10.4. The van der Waals surface area contributed by atoms with Crippen molar-refractivity contribution in [1.29, 1.82) is 0 Å². The SMILES string of the molecule is C=CC(O[SiH](C)C)C(=O)O. The third-order valence-electron chi connectivity index (χ3n) is 0.876. The van der Waals surface area contributed by atoms with Crippen molar-refractivity contribution in [2.75, 3.05) is 0 Å². The zero-order chi connectivity index (χ0) is 8.15. The molecule has 0 bridgehead atoms. The van der Waals surface area contributed by atoms with Gasteiger partial charge in [-0.05, 0) is 13.1 Å². The lowest BCUT2D eigenvalue weighted by Gasteiger charge is -2.10. The van der Waals surface area contributed by atoms with Gasteiger partial charge in [0.15, 0.2) is 15.1 Å². The Hall–Kier alpha value is -0.613. The molecule has 0 aromatic heterocycles. The molecule has 0 rings (SSSR count). The Morgan fingerprint density at radius 1 is 1.80 bits per heavy atom. The van der Waals surface area contributed by atoms with E-state index in [9.17, 15) is 4.79 Å². The van der Waals surface area contributed by atoms with Crippen LogP contribution in [0.4, 0.5) is 0 Å². The summed E-state index contributed by atoms with van der Waals surface area (Å²) in [7, 11) is -1.25. The third-order valence-corrected chi connectivity index (χ3v) is 1.71. The van der Waals surface area contributed by atoms with Gasteiger partial charge in [-0.2, -0.15) is 0 Å². The minimum atomic E-state index is -1.25. The lowest BCUT2D eigenvalue weighted by Crippen LogP contribution is -2.26. The molecule has 0 aromatic carbocycles. The summed E-state index contributed by atoms with van der Waals surface area (Å²) in [5.41, 5.74) is 0. The van der Waals surface area contributed by atoms with Crippen molar-refractivity contribution in [3.05, 3.63) is 12.7 Å². The van der Waals surface area contributed by atoms with Gasteiger partial charge in [-0.3, -0.25) is 0 Å². The van der Waals surface area contributed by atoms with Gasteiger partial charge in [-0.25, -0.2) is 4.79 Å². The van der Waals surface area contributed by atoms with E-state index in [0.29, 0.717) is 0 Å². The van der Waals surface area contributed by atoms with Gasteiger partial charge >= 0.3 is 5.97 Å². The standard InChI is InChI=1S/C6H12O3Si/c1-4-5(6(7)8)9-10(2)3/h4-5,10H,1H2,2-3H3,(H,7,8). The zero-order valence-electron chi connectivity index (χ0n) is 6.20. The number of carboxylic acids is 1. The summed E-state index contributed by atoms with van der Waals surface area (Å²) < 4.78 is 5.08. The van der Waals surface area contributed by atoms with Crippen LogP contribution in [0.3, 0.4) is 0 Å². The van der Waals surface area contributed by atoms with Crippen molar-refractivity contribution in [2.45, 2.75) is 19.2 Å². The quantitative estimate of drug-likeness (QED) is 0.484. The van der Waals surface area contributed by atoms with Crippen molar-refractivity contribution >= 4 is 15.0 Å². The molecule has 1 N–H and O–H groups in total. The summed E-state index contributed by atoms with van der Waals surface area (Å²) in [6, 6.07) is 0. The molecule has 4 heteroatoms. The minimum Gasteiger partial charge on any atom is -0.479 e. The molecule has 10 heavy (non-hydrogen) atoms. The smallest absolute Gasteiger partial charge is 0.335 e. The van der Waals surface area contributed by atoms with Gasteiger partial charge in [-0.15, -0.1) is 0 Å². The topological polar surface area (TPSA) is 46.5 Å². The van der Waals surface area contributed by atoms with Crippen LogP contribution in [-0.2, 0) is 9.22 Å². The summed E-state index contributed by atoms with van der Waals surface area (Å²) in [6.45, 7) is 7.18. The molecule has 0 aliphatic heterocycles. The molecule has 0 aliphatic carbocycles. The molecule has 3 nitrogen and oxygen atoms in total. The van der Waals surface area contributed by atoms with Crippen LogP contribution in [0.25, 0.3) is 0 Å². The first-order valence-corrected chi connectivity index (χ1v) is 5.86. The van der Waals surface area contributed by atoms with Gasteiger partial charge in [0.1, 0.15) is 0 Å². The molecule has 1 atom stereocenters. The van der Waals surface area contributed by atoms with Crippen molar-refractivity contribution in [1.82, 2.24) is 0 Å². The monoisotopic (exact) mass is 160 g/mol. The van der Waals surface area contributed by atoms with E-state index >= 15 is 0 Å². The molecule has 0 amide bonds. The fraction of sp³-hybridized carbons (Fsp3) is 0.500. The molecule has 58 valence electrons.